The van der Waals surface area contributed by atoms with Gasteiger partial charge in [-0.1, -0.05) is 37.1 Å². The van der Waals surface area contributed by atoms with Crippen LogP contribution in [0.25, 0.3) is 0 Å². The van der Waals surface area contributed by atoms with E-state index in [0.717, 1.165) is 25.6 Å². The number of hydrogen-bond donors (Lipinski definition) is 1. The summed E-state index contributed by atoms with van der Waals surface area (Å²) in [6, 6.07) is 8.80. The predicted octanol–water partition coefficient (Wildman–Crippen LogP) is 3.27. The summed E-state index contributed by atoms with van der Waals surface area (Å²) < 4.78 is 2.08. The number of nitrogens with zero attached hydrogens (tertiary/aromatic N) is 4. The summed E-state index contributed by atoms with van der Waals surface area (Å²) in [6.07, 6.45) is 12.6. The van der Waals surface area contributed by atoms with Gasteiger partial charge in [0.05, 0.1) is 6.33 Å². The van der Waals surface area contributed by atoms with Gasteiger partial charge in [0.2, 0.25) is 0 Å². The summed E-state index contributed by atoms with van der Waals surface area (Å²) >= 11 is 0. The summed E-state index contributed by atoms with van der Waals surface area (Å²) in [6.45, 7) is 4.01. The van der Waals surface area contributed by atoms with Crippen LogP contribution in [0.5, 0.6) is 0 Å². The lowest BCUT2D eigenvalue weighted by Crippen LogP contribution is -2.40. The molecule has 2 aromatic rings. The van der Waals surface area contributed by atoms with Gasteiger partial charge in [-0.3, -0.25) is 4.99 Å². The average molecular weight is 351 g/mol. The maximum absolute atomic E-state index is 4.53. The average Bonchev–Trinajstić information content (AvgIpc) is 3.41. The van der Waals surface area contributed by atoms with E-state index in [0.29, 0.717) is 5.41 Å². The second-order valence-electron chi connectivity index (χ2n) is 7.83. The van der Waals surface area contributed by atoms with Gasteiger partial charge >= 0.3 is 0 Å². The molecule has 2 heterocycles. The molecule has 0 unspecified atom stereocenters. The molecule has 0 bridgehead atoms. The monoisotopic (exact) mass is 351 g/mol. The maximum Gasteiger partial charge on any atom is 0.193 e. The van der Waals surface area contributed by atoms with E-state index in [9.17, 15) is 0 Å². The highest BCUT2D eigenvalue weighted by Gasteiger charge is 2.40. The molecule has 1 aliphatic carbocycles. The Morgan fingerprint density at radius 1 is 1.15 bits per heavy atom. The zero-order chi connectivity index (χ0) is 17.8. The third-order valence-corrected chi connectivity index (χ3v) is 6.01. The molecule has 1 aromatic heterocycles. The molecular weight excluding hydrogens is 322 g/mol. The number of hydrogen-bond acceptors (Lipinski definition) is 2. The molecule has 5 heteroatoms. The van der Waals surface area contributed by atoms with Crippen LogP contribution in [-0.2, 0) is 13.1 Å². The van der Waals surface area contributed by atoms with Gasteiger partial charge in [-0.2, -0.15) is 0 Å². The SMILES string of the molecule is CN=C(NCc1ccc(Cn2ccnc2)cc1)N1CCC2(CCCC2)C1. The molecule has 1 spiro atoms. The molecular formula is C21H29N5. The molecule has 5 nitrogen and oxygen atoms in total. The fourth-order valence-corrected chi connectivity index (χ4v) is 4.52. The van der Waals surface area contributed by atoms with Gasteiger partial charge in [-0.25, -0.2) is 4.98 Å². The van der Waals surface area contributed by atoms with E-state index in [1.807, 2.05) is 25.8 Å². The van der Waals surface area contributed by atoms with E-state index in [1.165, 1.54) is 49.8 Å². The molecule has 1 saturated carbocycles. The molecule has 26 heavy (non-hydrogen) atoms. The topological polar surface area (TPSA) is 45.5 Å². The maximum atomic E-state index is 4.53. The van der Waals surface area contributed by atoms with Crippen LogP contribution < -0.4 is 5.32 Å². The summed E-state index contributed by atoms with van der Waals surface area (Å²) in [7, 11) is 1.90. The first-order chi connectivity index (χ1) is 12.8. The minimum atomic E-state index is 0.576. The fraction of sp³-hybridized carbons (Fsp3) is 0.524. The van der Waals surface area contributed by atoms with E-state index in [4.69, 9.17) is 0 Å². The Hall–Kier alpha value is -2.30. The van der Waals surface area contributed by atoms with Crippen LogP contribution in [0.1, 0.15) is 43.2 Å². The molecule has 1 aliphatic heterocycles. The van der Waals surface area contributed by atoms with Crippen molar-refractivity contribution in [2.75, 3.05) is 20.1 Å². The van der Waals surface area contributed by atoms with Gasteiger partial charge in [0.15, 0.2) is 5.96 Å². The fourth-order valence-electron chi connectivity index (χ4n) is 4.52. The standard InChI is InChI=1S/C21H29N5/c1-22-20(26-12-10-21(16-26)8-2-3-9-21)24-14-18-4-6-19(7-5-18)15-25-13-11-23-17-25/h4-7,11,13,17H,2-3,8-10,12,14-16H2,1H3,(H,22,24). The predicted molar refractivity (Wildman–Crippen MR) is 105 cm³/mol. The van der Waals surface area contributed by atoms with Crippen molar-refractivity contribution in [3.63, 3.8) is 0 Å². The molecule has 2 aliphatic rings. The Kier molecular flexibility index (Phi) is 4.96. The van der Waals surface area contributed by atoms with E-state index in [2.05, 4.69) is 49.0 Å². The van der Waals surface area contributed by atoms with Crippen molar-refractivity contribution in [2.24, 2.45) is 10.4 Å². The van der Waals surface area contributed by atoms with Crippen LogP contribution in [0.2, 0.25) is 0 Å². The van der Waals surface area contributed by atoms with Crippen LogP contribution in [-0.4, -0.2) is 40.5 Å². The highest BCUT2D eigenvalue weighted by atomic mass is 15.3. The van der Waals surface area contributed by atoms with Crippen LogP contribution in [0.15, 0.2) is 48.0 Å². The van der Waals surface area contributed by atoms with Crippen LogP contribution in [0.4, 0.5) is 0 Å². The summed E-state index contributed by atoms with van der Waals surface area (Å²) in [4.78, 5) is 11.1. The van der Waals surface area contributed by atoms with Gasteiger partial charge in [-0.15, -0.1) is 0 Å². The highest BCUT2D eigenvalue weighted by Crippen LogP contribution is 2.45. The Morgan fingerprint density at radius 2 is 1.92 bits per heavy atom. The largest absolute Gasteiger partial charge is 0.352 e. The minimum absolute atomic E-state index is 0.576. The molecule has 1 aromatic carbocycles. The Bertz CT molecular complexity index is 726. The summed E-state index contributed by atoms with van der Waals surface area (Å²) in [5.74, 6) is 1.05. The van der Waals surface area contributed by atoms with Crippen molar-refractivity contribution in [1.29, 1.82) is 0 Å². The summed E-state index contributed by atoms with van der Waals surface area (Å²) in [5, 5.41) is 3.56. The number of nitrogens with one attached hydrogen (secondary N) is 1. The number of guanidine groups is 1. The van der Waals surface area contributed by atoms with E-state index in [1.54, 1.807) is 0 Å². The van der Waals surface area contributed by atoms with Gasteiger partial charge < -0.3 is 14.8 Å². The quantitative estimate of drug-likeness (QED) is 0.679. The van der Waals surface area contributed by atoms with Crippen molar-refractivity contribution in [2.45, 2.75) is 45.2 Å². The van der Waals surface area contributed by atoms with Gasteiger partial charge in [0.25, 0.3) is 0 Å². The first-order valence-corrected chi connectivity index (χ1v) is 9.76. The van der Waals surface area contributed by atoms with Crippen molar-refractivity contribution >= 4 is 5.96 Å². The molecule has 4 rings (SSSR count). The number of likely N-dealkylation sites (tertiary alicyclic amines) is 1. The molecule has 1 N–H and O–H groups in total. The van der Waals surface area contributed by atoms with Gasteiger partial charge in [0, 0.05) is 45.6 Å². The third kappa shape index (κ3) is 3.76. The molecule has 0 radical (unpaired) electrons. The lowest BCUT2D eigenvalue weighted by Gasteiger charge is -2.26. The number of benzene rings is 1. The number of rotatable bonds is 4. The minimum Gasteiger partial charge on any atom is -0.352 e. The Morgan fingerprint density at radius 3 is 2.62 bits per heavy atom. The van der Waals surface area contributed by atoms with Crippen LogP contribution in [0, 0.1) is 5.41 Å². The second kappa shape index (κ2) is 7.52. The lowest BCUT2D eigenvalue weighted by molar-refractivity contribution is 0.309. The molecule has 0 atom stereocenters. The first kappa shape index (κ1) is 17.1. The normalized spacial score (nSPS) is 19.4. The molecule has 0 amide bonds. The molecule has 1 saturated heterocycles. The number of aliphatic imine (C=N–C) groups is 1. The van der Waals surface area contributed by atoms with E-state index >= 15 is 0 Å². The number of imidazole rings is 1. The molecule has 2 fully saturated rings. The smallest absolute Gasteiger partial charge is 0.193 e. The third-order valence-electron chi connectivity index (χ3n) is 6.01. The van der Waals surface area contributed by atoms with Gasteiger partial charge in [-0.05, 0) is 35.8 Å². The highest BCUT2D eigenvalue weighted by molar-refractivity contribution is 5.80. The van der Waals surface area contributed by atoms with E-state index in [-0.39, 0.29) is 0 Å². The van der Waals surface area contributed by atoms with Crippen molar-refractivity contribution < 1.29 is 0 Å². The van der Waals surface area contributed by atoms with Gasteiger partial charge in [0.1, 0.15) is 0 Å². The Labute approximate surface area is 156 Å². The van der Waals surface area contributed by atoms with Crippen LogP contribution >= 0.6 is 0 Å². The van der Waals surface area contributed by atoms with Crippen molar-refractivity contribution in [3.05, 3.63) is 54.1 Å². The number of aromatic nitrogens is 2. The Balaban J connectivity index is 1.31. The second-order valence-corrected chi connectivity index (χ2v) is 7.83. The molecule has 138 valence electrons. The van der Waals surface area contributed by atoms with Crippen LogP contribution in [0.3, 0.4) is 0 Å². The first-order valence-electron chi connectivity index (χ1n) is 9.76. The van der Waals surface area contributed by atoms with Crippen molar-refractivity contribution in [3.8, 4) is 0 Å². The zero-order valence-electron chi connectivity index (χ0n) is 15.7. The zero-order valence-corrected chi connectivity index (χ0v) is 15.7. The lowest BCUT2D eigenvalue weighted by atomic mass is 9.86. The van der Waals surface area contributed by atoms with E-state index < -0.39 is 0 Å². The van der Waals surface area contributed by atoms with Crippen molar-refractivity contribution in [1.82, 2.24) is 19.8 Å². The summed E-state index contributed by atoms with van der Waals surface area (Å²) in [5.41, 5.74) is 3.15.